The van der Waals surface area contributed by atoms with Gasteiger partial charge >= 0.3 is 11.9 Å². The molecular weight excluding hydrogens is 377 g/mol. The predicted molar refractivity (Wildman–Crippen MR) is 103 cm³/mol. The Balaban J connectivity index is 1.44. The highest BCUT2D eigenvalue weighted by Gasteiger charge is 2.14. The summed E-state index contributed by atoms with van der Waals surface area (Å²) in [4.78, 5) is 24.0. The second kappa shape index (κ2) is 9.41. The lowest BCUT2D eigenvalue weighted by Gasteiger charge is -2.15. The van der Waals surface area contributed by atoms with Crippen molar-refractivity contribution in [3.05, 3.63) is 89.6 Å². The minimum Gasteiger partial charge on any atom is -0.486 e. The first kappa shape index (κ1) is 19.9. The number of amides is 3. The second-order valence-corrected chi connectivity index (χ2v) is 6.19. The van der Waals surface area contributed by atoms with Gasteiger partial charge < -0.3 is 14.5 Å². The Morgan fingerprint density at radius 2 is 1.72 bits per heavy atom. The van der Waals surface area contributed by atoms with E-state index in [1.54, 1.807) is 25.1 Å². The molecular formula is C21H20FN3O4. The summed E-state index contributed by atoms with van der Waals surface area (Å²) in [7, 11) is 0. The van der Waals surface area contributed by atoms with Gasteiger partial charge in [0.2, 0.25) is 0 Å². The highest BCUT2D eigenvalue weighted by Crippen LogP contribution is 2.14. The third kappa shape index (κ3) is 5.83. The van der Waals surface area contributed by atoms with Gasteiger partial charge in [0.1, 0.15) is 23.9 Å². The number of ether oxygens (including phenoxy) is 1. The quantitative estimate of drug-likeness (QED) is 0.553. The third-order valence-electron chi connectivity index (χ3n) is 4.02. The van der Waals surface area contributed by atoms with E-state index in [1.165, 1.54) is 18.2 Å². The van der Waals surface area contributed by atoms with E-state index in [-0.39, 0.29) is 24.2 Å². The van der Waals surface area contributed by atoms with Crippen LogP contribution in [0.25, 0.3) is 0 Å². The molecule has 0 bridgehead atoms. The van der Waals surface area contributed by atoms with Crippen LogP contribution in [-0.4, -0.2) is 11.9 Å². The molecule has 8 heteroatoms. The molecule has 1 atom stereocenters. The van der Waals surface area contributed by atoms with Gasteiger partial charge in [-0.25, -0.2) is 14.6 Å². The number of hydrogen-bond donors (Lipinski definition) is 3. The van der Waals surface area contributed by atoms with Crippen molar-refractivity contribution in [2.24, 2.45) is 0 Å². The number of hydrazine groups is 1. The summed E-state index contributed by atoms with van der Waals surface area (Å²) in [5, 5.41) is 2.63. The van der Waals surface area contributed by atoms with Gasteiger partial charge in [-0.2, -0.15) is 0 Å². The van der Waals surface area contributed by atoms with Crippen molar-refractivity contribution in [3.8, 4) is 5.75 Å². The number of benzene rings is 2. The van der Waals surface area contributed by atoms with Crippen molar-refractivity contribution in [2.75, 3.05) is 0 Å². The molecule has 0 aliphatic heterocycles. The van der Waals surface area contributed by atoms with E-state index >= 15 is 0 Å². The van der Waals surface area contributed by atoms with E-state index in [4.69, 9.17) is 9.15 Å². The standard InChI is InChI=1S/C21H20FN3O4/c1-14(15-7-9-16(22)10-8-15)23-21(27)25-24-20(26)19-12-11-18(29-19)13-28-17-5-3-2-4-6-17/h2-12,14H,13H2,1H3,(H,24,26)(H2,23,25,27). The van der Waals surface area contributed by atoms with Crippen LogP contribution in [0.4, 0.5) is 9.18 Å². The fourth-order valence-corrected chi connectivity index (χ4v) is 2.49. The number of nitrogens with one attached hydrogen (secondary N) is 3. The maximum absolute atomic E-state index is 13.0. The van der Waals surface area contributed by atoms with Gasteiger partial charge in [-0.1, -0.05) is 30.3 Å². The van der Waals surface area contributed by atoms with Gasteiger partial charge in [0.15, 0.2) is 5.76 Å². The van der Waals surface area contributed by atoms with Crippen molar-refractivity contribution in [1.82, 2.24) is 16.2 Å². The van der Waals surface area contributed by atoms with E-state index < -0.39 is 11.9 Å². The lowest BCUT2D eigenvalue weighted by Crippen LogP contribution is -2.47. The van der Waals surface area contributed by atoms with Gasteiger partial charge in [0.05, 0.1) is 6.04 Å². The number of furan rings is 1. The van der Waals surface area contributed by atoms with Crippen LogP contribution in [0.3, 0.4) is 0 Å². The predicted octanol–water partition coefficient (Wildman–Crippen LogP) is 3.70. The van der Waals surface area contributed by atoms with E-state index in [2.05, 4.69) is 16.2 Å². The Hall–Kier alpha value is -3.81. The molecule has 0 spiro atoms. The Bertz CT molecular complexity index is 958. The molecule has 0 aliphatic rings. The summed E-state index contributed by atoms with van der Waals surface area (Å²) < 4.78 is 23.9. The van der Waals surface area contributed by atoms with E-state index in [9.17, 15) is 14.0 Å². The highest BCUT2D eigenvalue weighted by atomic mass is 19.1. The number of para-hydroxylation sites is 1. The van der Waals surface area contributed by atoms with Crippen molar-refractivity contribution in [3.63, 3.8) is 0 Å². The van der Waals surface area contributed by atoms with E-state index in [0.29, 0.717) is 11.5 Å². The Labute approximate surface area is 166 Å². The summed E-state index contributed by atoms with van der Waals surface area (Å²) in [6.07, 6.45) is 0. The average Bonchev–Trinajstić information content (AvgIpc) is 3.21. The smallest absolute Gasteiger partial charge is 0.333 e. The van der Waals surface area contributed by atoms with E-state index in [0.717, 1.165) is 5.56 Å². The molecule has 3 N–H and O–H groups in total. The Morgan fingerprint density at radius 3 is 2.45 bits per heavy atom. The molecule has 0 saturated carbocycles. The first-order valence-electron chi connectivity index (χ1n) is 8.90. The fraction of sp³-hybridized carbons (Fsp3) is 0.143. The van der Waals surface area contributed by atoms with Crippen LogP contribution in [0, 0.1) is 5.82 Å². The molecule has 7 nitrogen and oxygen atoms in total. The summed E-state index contributed by atoms with van der Waals surface area (Å²) in [5.74, 6) is 0.214. The van der Waals surface area contributed by atoms with Crippen LogP contribution in [0.1, 0.15) is 34.8 Å². The molecule has 3 rings (SSSR count). The molecule has 1 unspecified atom stereocenters. The van der Waals surface area contributed by atoms with Crippen LogP contribution in [0.2, 0.25) is 0 Å². The molecule has 3 aromatic rings. The number of hydrogen-bond acceptors (Lipinski definition) is 4. The molecule has 150 valence electrons. The summed E-state index contributed by atoms with van der Waals surface area (Å²) >= 11 is 0. The summed E-state index contributed by atoms with van der Waals surface area (Å²) in [6, 6.07) is 17.1. The molecule has 2 aromatic carbocycles. The maximum Gasteiger partial charge on any atom is 0.333 e. The SMILES string of the molecule is CC(NC(=O)NNC(=O)c1ccc(COc2ccccc2)o1)c1ccc(F)cc1. The molecule has 0 aliphatic carbocycles. The van der Waals surface area contributed by atoms with Crippen LogP contribution in [-0.2, 0) is 6.61 Å². The van der Waals surface area contributed by atoms with E-state index in [1.807, 2.05) is 30.3 Å². The number of halogens is 1. The minimum atomic E-state index is -0.616. The zero-order valence-electron chi connectivity index (χ0n) is 15.6. The van der Waals surface area contributed by atoms with Crippen LogP contribution in [0.15, 0.2) is 71.1 Å². The van der Waals surface area contributed by atoms with Gasteiger partial charge in [-0.05, 0) is 48.9 Å². The lowest BCUT2D eigenvalue weighted by atomic mass is 10.1. The number of carbonyl (C=O) groups excluding carboxylic acids is 2. The molecule has 29 heavy (non-hydrogen) atoms. The fourth-order valence-electron chi connectivity index (χ4n) is 2.49. The molecule has 1 aromatic heterocycles. The second-order valence-electron chi connectivity index (χ2n) is 6.19. The topological polar surface area (TPSA) is 92.6 Å². The Kier molecular flexibility index (Phi) is 6.47. The Morgan fingerprint density at radius 1 is 1.00 bits per heavy atom. The zero-order chi connectivity index (χ0) is 20.6. The number of urea groups is 1. The number of rotatable bonds is 6. The van der Waals surface area contributed by atoms with Crippen molar-refractivity contribution in [2.45, 2.75) is 19.6 Å². The van der Waals surface area contributed by atoms with Crippen molar-refractivity contribution < 1.29 is 23.1 Å². The first-order chi connectivity index (χ1) is 14.0. The third-order valence-corrected chi connectivity index (χ3v) is 4.02. The minimum absolute atomic E-state index is 0.0311. The maximum atomic E-state index is 13.0. The molecule has 0 radical (unpaired) electrons. The van der Waals surface area contributed by atoms with Crippen LogP contribution >= 0.6 is 0 Å². The van der Waals surface area contributed by atoms with Crippen molar-refractivity contribution >= 4 is 11.9 Å². The largest absolute Gasteiger partial charge is 0.486 e. The van der Waals surface area contributed by atoms with Crippen molar-refractivity contribution in [1.29, 1.82) is 0 Å². The molecule has 0 saturated heterocycles. The van der Waals surface area contributed by atoms with Crippen LogP contribution in [0.5, 0.6) is 5.75 Å². The lowest BCUT2D eigenvalue weighted by molar-refractivity contribution is 0.0904. The first-order valence-corrected chi connectivity index (χ1v) is 8.90. The number of carbonyl (C=O) groups is 2. The normalized spacial score (nSPS) is 11.4. The highest BCUT2D eigenvalue weighted by molar-refractivity contribution is 5.92. The molecule has 1 heterocycles. The van der Waals surface area contributed by atoms with Gasteiger partial charge in [0, 0.05) is 0 Å². The van der Waals surface area contributed by atoms with Gasteiger partial charge in [-0.3, -0.25) is 10.2 Å². The molecule has 0 fully saturated rings. The van der Waals surface area contributed by atoms with Crippen LogP contribution < -0.4 is 20.9 Å². The zero-order valence-corrected chi connectivity index (χ0v) is 15.6. The van der Waals surface area contributed by atoms with Gasteiger partial charge in [-0.15, -0.1) is 0 Å². The average molecular weight is 397 g/mol. The monoisotopic (exact) mass is 397 g/mol. The summed E-state index contributed by atoms with van der Waals surface area (Å²) in [6.45, 7) is 1.90. The summed E-state index contributed by atoms with van der Waals surface area (Å²) in [5.41, 5.74) is 5.23. The molecule has 3 amide bonds. The van der Waals surface area contributed by atoms with Gasteiger partial charge in [0.25, 0.3) is 0 Å².